The molecule has 106 valence electrons. The normalized spacial score (nSPS) is 13.1. The molecule has 19 heavy (non-hydrogen) atoms. The van der Waals surface area contributed by atoms with E-state index in [0.29, 0.717) is 12.1 Å². The molecule has 1 aromatic carbocycles. The van der Waals surface area contributed by atoms with Gasteiger partial charge in [-0.3, -0.25) is 4.79 Å². The summed E-state index contributed by atoms with van der Waals surface area (Å²) in [4.78, 5) is 11.9. The number of hydrogen-bond acceptors (Lipinski definition) is 2. The molecule has 0 radical (unpaired) electrons. The van der Waals surface area contributed by atoms with Crippen LogP contribution in [-0.2, 0) is 4.79 Å². The number of hydrogen-bond donors (Lipinski definition) is 2. The van der Waals surface area contributed by atoms with Crippen molar-refractivity contribution >= 4 is 17.3 Å². The SMILES string of the molecule is CC(CC(=O)Nc1cc(N)ccc1F)CC(C)(C)C. The lowest BCUT2D eigenvalue weighted by Gasteiger charge is -2.22. The Kier molecular flexibility index (Phi) is 4.92. The first-order chi connectivity index (χ1) is 8.67. The van der Waals surface area contributed by atoms with Gasteiger partial charge in [0.1, 0.15) is 5.82 Å². The monoisotopic (exact) mass is 266 g/mol. The number of benzene rings is 1. The summed E-state index contributed by atoms with van der Waals surface area (Å²) in [5, 5.41) is 2.57. The third-order valence-corrected chi connectivity index (χ3v) is 2.76. The molecule has 1 unspecified atom stereocenters. The molecular formula is C15H23FN2O. The molecule has 0 fully saturated rings. The minimum atomic E-state index is -0.467. The van der Waals surface area contributed by atoms with E-state index in [1.54, 1.807) is 0 Å². The van der Waals surface area contributed by atoms with E-state index in [1.807, 2.05) is 6.92 Å². The van der Waals surface area contributed by atoms with Crippen LogP contribution in [0.15, 0.2) is 18.2 Å². The number of rotatable bonds is 4. The van der Waals surface area contributed by atoms with Crippen LogP contribution < -0.4 is 11.1 Å². The molecule has 0 bridgehead atoms. The molecule has 1 amide bonds. The van der Waals surface area contributed by atoms with E-state index >= 15 is 0 Å². The minimum absolute atomic E-state index is 0.146. The Bertz CT molecular complexity index is 452. The van der Waals surface area contributed by atoms with E-state index in [-0.39, 0.29) is 22.9 Å². The molecule has 0 aliphatic heterocycles. The van der Waals surface area contributed by atoms with Crippen LogP contribution in [0.3, 0.4) is 0 Å². The predicted molar refractivity (Wildman–Crippen MR) is 77.3 cm³/mol. The number of carbonyl (C=O) groups excluding carboxylic acids is 1. The predicted octanol–water partition coefficient (Wildman–Crippen LogP) is 3.81. The van der Waals surface area contributed by atoms with Crippen molar-refractivity contribution in [3.05, 3.63) is 24.0 Å². The van der Waals surface area contributed by atoms with Gasteiger partial charge in [-0.2, -0.15) is 0 Å². The summed E-state index contributed by atoms with van der Waals surface area (Å²) >= 11 is 0. The minimum Gasteiger partial charge on any atom is -0.399 e. The summed E-state index contributed by atoms with van der Waals surface area (Å²) in [7, 11) is 0. The summed E-state index contributed by atoms with van der Waals surface area (Å²) < 4.78 is 13.5. The van der Waals surface area contributed by atoms with Crippen LogP contribution >= 0.6 is 0 Å². The molecule has 0 aliphatic carbocycles. The van der Waals surface area contributed by atoms with E-state index < -0.39 is 5.82 Å². The van der Waals surface area contributed by atoms with Gasteiger partial charge in [0.15, 0.2) is 0 Å². The highest BCUT2D eigenvalue weighted by Gasteiger charge is 2.18. The zero-order chi connectivity index (χ0) is 14.6. The molecule has 1 rings (SSSR count). The lowest BCUT2D eigenvalue weighted by molar-refractivity contribution is -0.117. The van der Waals surface area contributed by atoms with Gasteiger partial charge in [-0.25, -0.2) is 4.39 Å². The average Bonchev–Trinajstić information content (AvgIpc) is 2.20. The van der Waals surface area contributed by atoms with Gasteiger partial charge in [0.05, 0.1) is 5.69 Å². The Balaban J connectivity index is 2.58. The molecule has 3 N–H and O–H groups in total. The summed E-state index contributed by atoms with van der Waals surface area (Å²) in [6.07, 6.45) is 1.32. The maximum Gasteiger partial charge on any atom is 0.224 e. The Morgan fingerprint density at radius 3 is 2.63 bits per heavy atom. The Hall–Kier alpha value is -1.58. The molecule has 4 heteroatoms. The van der Waals surface area contributed by atoms with Gasteiger partial charge in [0.25, 0.3) is 0 Å². The molecule has 0 aromatic heterocycles. The lowest BCUT2D eigenvalue weighted by atomic mass is 9.84. The molecule has 1 atom stereocenters. The highest BCUT2D eigenvalue weighted by atomic mass is 19.1. The summed E-state index contributed by atoms with van der Waals surface area (Å²) in [6.45, 7) is 8.44. The smallest absolute Gasteiger partial charge is 0.224 e. The molecule has 1 aromatic rings. The first kappa shape index (κ1) is 15.5. The Labute approximate surface area is 114 Å². The quantitative estimate of drug-likeness (QED) is 0.814. The van der Waals surface area contributed by atoms with Crippen molar-refractivity contribution in [2.75, 3.05) is 11.1 Å². The first-order valence-electron chi connectivity index (χ1n) is 6.52. The van der Waals surface area contributed by atoms with Crippen molar-refractivity contribution in [2.45, 2.75) is 40.5 Å². The maximum atomic E-state index is 13.5. The van der Waals surface area contributed by atoms with Gasteiger partial charge < -0.3 is 11.1 Å². The van der Waals surface area contributed by atoms with Crippen LogP contribution in [0.2, 0.25) is 0 Å². The van der Waals surface area contributed by atoms with E-state index in [2.05, 4.69) is 26.1 Å². The van der Waals surface area contributed by atoms with E-state index in [0.717, 1.165) is 6.42 Å². The van der Waals surface area contributed by atoms with Crippen molar-refractivity contribution < 1.29 is 9.18 Å². The molecule has 0 saturated heterocycles. The van der Waals surface area contributed by atoms with Crippen LogP contribution in [0, 0.1) is 17.2 Å². The summed E-state index contributed by atoms with van der Waals surface area (Å²) in [6, 6.07) is 4.15. The second kappa shape index (κ2) is 6.04. The van der Waals surface area contributed by atoms with E-state index in [1.165, 1.54) is 18.2 Å². The molecule has 0 spiro atoms. The largest absolute Gasteiger partial charge is 0.399 e. The molecule has 0 saturated carbocycles. The summed E-state index contributed by atoms with van der Waals surface area (Å²) in [5.74, 6) is -0.392. The van der Waals surface area contributed by atoms with Crippen LogP contribution in [0.1, 0.15) is 40.5 Å². The number of amides is 1. The number of anilines is 2. The van der Waals surface area contributed by atoms with Crippen molar-refractivity contribution in [2.24, 2.45) is 11.3 Å². The fourth-order valence-corrected chi connectivity index (χ4v) is 2.27. The van der Waals surface area contributed by atoms with Gasteiger partial charge in [-0.1, -0.05) is 27.7 Å². The van der Waals surface area contributed by atoms with Gasteiger partial charge in [0.2, 0.25) is 5.91 Å². The fourth-order valence-electron chi connectivity index (χ4n) is 2.27. The molecule has 3 nitrogen and oxygen atoms in total. The van der Waals surface area contributed by atoms with Crippen LogP contribution in [0.5, 0.6) is 0 Å². The average molecular weight is 266 g/mol. The van der Waals surface area contributed by atoms with Crippen LogP contribution in [0.25, 0.3) is 0 Å². The third kappa shape index (κ3) is 5.73. The van der Waals surface area contributed by atoms with Gasteiger partial charge >= 0.3 is 0 Å². The van der Waals surface area contributed by atoms with Gasteiger partial charge in [0, 0.05) is 12.1 Å². The molecule has 0 aliphatic rings. The van der Waals surface area contributed by atoms with Crippen LogP contribution in [-0.4, -0.2) is 5.91 Å². The molecular weight excluding hydrogens is 243 g/mol. The number of carbonyl (C=O) groups is 1. The Morgan fingerprint density at radius 1 is 1.42 bits per heavy atom. The maximum absolute atomic E-state index is 13.5. The second-order valence-corrected chi connectivity index (χ2v) is 6.36. The van der Waals surface area contributed by atoms with Crippen molar-refractivity contribution in [3.63, 3.8) is 0 Å². The number of nitrogens with one attached hydrogen (secondary N) is 1. The topological polar surface area (TPSA) is 55.1 Å². The highest BCUT2D eigenvalue weighted by molar-refractivity contribution is 5.91. The van der Waals surface area contributed by atoms with Crippen molar-refractivity contribution in [3.8, 4) is 0 Å². The highest BCUT2D eigenvalue weighted by Crippen LogP contribution is 2.26. The zero-order valence-electron chi connectivity index (χ0n) is 12.1. The van der Waals surface area contributed by atoms with E-state index in [9.17, 15) is 9.18 Å². The van der Waals surface area contributed by atoms with Crippen molar-refractivity contribution in [1.29, 1.82) is 0 Å². The number of nitrogen functional groups attached to an aromatic ring is 1. The molecule has 0 heterocycles. The fraction of sp³-hybridized carbons (Fsp3) is 0.533. The lowest BCUT2D eigenvalue weighted by Crippen LogP contribution is -2.19. The second-order valence-electron chi connectivity index (χ2n) is 6.36. The van der Waals surface area contributed by atoms with Gasteiger partial charge in [-0.15, -0.1) is 0 Å². The first-order valence-corrected chi connectivity index (χ1v) is 6.52. The number of nitrogens with two attached hydrogens (primary N) is 1. The Morgan fingerprint density at radius 2 is 2.05 bits per heavy atom. The van der Waals surface area contributed by atoms with E-state index in [4.69, 9.17) is 5.73 Å². The number of halogens is 1. The van der Waals surface area contributed by atoms with Gasteiger partial charge in [-0.05, 0) is 36.0 Å². The third-order valence-electron chi connectivity index (χ3n) is 2.76. The standard InChI is InChI=1S/C15H23FN2O/c1-10(9-15(2,3)4)7-14(19)18-13-8-11(17)5-6-12(13)16/h5-6,8,10H,7,9,17H2,1-4H3,(H,18,19). The van der Waals surface area contributed by atoms with Crippen molar-refractivity contribution in [1.82, 2.24) is 0 Å². The summed E-state index contributed by atoms with van der Waals surface area (Å²) in [5.41, 5.74) is 6.33. The zero-order valence-corrected chi connectivity index (χ0v) is 12.1. The van der Waals surface area contributed by atoms with Crippen LogP contribution in [0.4, 0.5) is 15.8 Å².